The van der Waals surface area contributed by atoms with E-state index >= 15 is 0 Å². The summed E-state index contributed by atoms with van der Waals surface area (Å²) in [5, 5.41) is 12.7. The average Bonchev–Trinajstić information content (AvgIpc) is 3.09. The summed E-state index contributed by atoms with van der Waals surface area (Å²) in [5.74, 6) is 0.158. The first-order valence-electron chi connectivity index (χ1n) is 6.63. The Bertz CT molecular complexity index is 284. The van der Waals surface area contributed by atoms with E-state index in [9.17, 15) is 9.90 Å². The van der Waals surface area contributed by atoms with Crippen molar-refractivity contribution in [1.82, 2.24) is 5.32 Å². The smallest absolute Gasteiger partial charge is 0.326 e. The van der Waals surface area contributed by atoms with E-state index in [1.54, 1.807) is 0 Å². The maximum atomic E-state index is 11.6. The van der Waals surface area contributed by atoms with Crippen molar-refractivity contribution in [3.63, 3.8) is 0 Å². The van der Waals surface area contributed by atoms with Crippen molar-refractivity contribution >= 4 is 5.97 Å². The minimum Gasteiger partial charge on any atom is -0.480 e. The zero-order valence-electron chi connectivity index (χ0n) is 10.7. The third-order valence-electron chi connectivity index (χ3n) is 3.58. The van der Waals surface area contributed by atoms with Crippen LogP contribution in [0.25, 0.3) is 0 Å². The third kappa shape index (κ3) is 3.19. The number of hydrogen-bond acceptors (Lipinski definition) is 3. The molecule has 4 nitrogen and oxygen atoms in total. The summed E-state index contributed by atoms with van der Waals surface area (Å²) in [5.41, 5.74) is -0.858. The molecule has 0 bridgehead atoms. The Labute approximate surface area is 103 Å². The van der Waals surface area contributed by atoms with E-state index in [2.05, 4.69) is 5.32 Å². The van der Waals surface area contributed by atoms with E-state index < -0.39 is 11.5 Å². The first kappa shape index (κ1) is 12.8. The maximum Gasteiger partial charge on any atom is 0.326 e. The van der Waals surface area contributed by atoms with E-state index in [0.717, 1.165) is 19.4 Å². The highest BCUT2D eigenvalue weighted by Gasteiger charge is 2.51. The quantitative estimate of drug-likeness (QED) is 0.678. The molecule has 98 valence electrons. The van der Waals surface area contributed by atoms with Crippen LogP contribution in [-0.2, 0) is 9.53 Å². The lowest BCUT2D eigenvalue weighted by Gasteiger charge is -2.32. The molecule has 0 aromatic rings. The Morgan fingerprint density at radius 2 is 2.06 bits per heavy atom. The average molecular weight is 241 g/mol. The maximum absolute atomic E-state index is 11.6. The van der Waals surface area contributed by atoms with E-state index in [-0.39, 0.29) is 12.0 Å². The fourth-order valence-electron chi connectivity index (χ4n) is 2.34. The predicted octanol–water partition coefficient (Wildman–Crippen LogP) is 1.64. The second-order valence-electron chi connectivity index (χ2n) is 5.81. The van der Waals surface area contributed by atoms with Gasteiger partial charge in [-0.05, 0) is 51.4 Å². The van der Waals surface area contributed by atoms with Gasteiger partial charge in [0, 0.05) is 12.6 Å². The van der Waals surface area contributed by atoms with Gasteiger partial charge in [0.1, 0.15) is 5.54 Å². The number of carbonyl (C=O) groups is 1. The van der Waals surface area contributed by atoms with Crippen molar-refractivity contribution in [3.05, 3.63) is 0 Å². The van der Waals surface area contributed by atoms with Crippen molar-refractivity contribution in [2.24, 2.45) is 11.8 Å². The zero-order valence-corrected chi connectivity index (χ0v) is 10.7. The molecule has 0 spiro atoms. The van der Waals surface area contributed by atoms with Crippen molar-refractivity contribution in [1.29, 1.82) is 0 Å². The summed E-state index contributed by atoms with van der Waals surface area (Å²) in [6, 6.07) is 0.163. The molecule has 2 saturated carbocycles. The molecule has 2 fully saturated rings. The molecule has 0 aromatic carbocycles. The van der Waals surface area contributed by atoms with Gasteiger partial charge in [0.2, 0.25) is 0 Å². The van der Waals surface area contributed by atoms with Gasteiger partial charge in [0.05, 0.1) is 6.61 Å². The van der Waals surface area contributed by atoms with E-state index in [1.165, 1.54) is 12.8 Å². The number of ether oxygens (including phenoxy) is 1. The zero-order chi connectivity index (χ0) is 12.5. The second kappa shape index (κ2) is 4.94. The predicted molar refractivity (Wildman–Crippen MR) is 64.9 cm³/mol. The minimum absolute atomic E-state index is 0.163. The topological polar surface area (TPSA) is 58.6 Å². The largest absolute Gasteiger partial charge is 0.480 e. The molecule has 2 aliphatic rings. The van der Waals surface area contributed by atoms with Gasteiger partial charge in [-0.1, -0.05) is 0 Å². The molecule has 0 radical (unpaired) electrons. The lowest BCUT2D eigenvalue weighted by Crippen LogP contribution is -2.59. The van der Waals surface area contributed by atoms with E-state index in [0.29, 0.717) is 12.5 Å². The SMILES string of the molecule is CC(C)NC(COCC1CC1)(C(=O)O)C1CC1. The molecule has 0 amide bonds. The lowest BCUT2D eigenvalue weighted by atomic mass is 9.93. The summed E-state index contributed by atoms with van der Waals surface area (Å²) in [4.78, 5) is 11.6. The summed E-state index contributed by atoms with van der Waals surface area (Å²) in [7, 11) is 0. The van der Waals surface area contributed by atoms with Crippen LogP contribution in [0.5, 0.6) is 0 Å². The van der Waals surface area contributed by atoms with Gasteiger partial charge >= 0.3 is 5.97 Å². The number of nitrogens with one attached hydrogen (secondary N) is 1. The summed E-state index contributed by atoms with van der Waals surface area (Å²) in [6.45, 7) is 5.01. The van der Waals surface area contributed by atoms with E-state index in [4.69, 9.17) is 4.74 Å². The normalized spacial score (nSPS) is 23.7. The molecule has 0 aliphatic heterocycles. The third-order valence-corrected chi connectivity index (χ3v) is 3.58. The Morgan fingerprint density at radius 1 is 1.41 bits per heavy atom. The molecule has 2 aliphatic carbocycles. The number of rotatable bonds is 8. The van der Waals surface area contributed by atoms with Crippen LogP contribution in [0.15, 0.2) is 0 Å². The van der Waals surface area contributed by atoms with Crippen molar-refractivity contribution < 1.29 is 14.6 Å². The first-order chi connectivity index (χ1) is 8.04. The molecular weight excluding hydrogens is 218 g/mol. The van der Waals surface area contributed by atoms with Gasteiger partial charge < -0.3 is 9.84 Å². The molecule has 1 unspecified atom stereocenters. The highest BCUT2D eigenvalue weighted by atomic mass is 16.5. The molecular formula is C13H23NO3. The Morgan fingerprint density at radius 3 is 2.47 bits per heavy atom. The Kier molecular flexibility index (Phi) is 3.73. The van der Waals surface area contributed by atoms with Crippen molar-refractivity contribution in [2.45, 2.75) is 51.1 Å². The van der Waals surface area contributed by atoms with Gasteiger partial charge in [-0.15, -0.1) is 0 Å². The highest BCUT2D eigenvalue weighted by molar-refractivity contribution is 5.80. The van der Waals surface area contributed by atoms with Gasteiger partial charge in [-0.3, -0.25) is 10.1 Å². The summed E-state index contributed by atoms with van der Waals surface area (Å²) in [6.07, 6.45) is 4.47. The molecule has 0 heterocycles. The lowest BCUT2D eigenvalue weighted by molar-refractivity contribution is -0.149. The minimum atomic E-state index is -0.858. The van der Waals surface area contributed by atoms with Gasteiger partial charge in [-0.25, -0.2) is 0 Å². The van der Waals surface area contributed by atoms with Crippen LogP contribution in [0.2, 0.25) is 0 Å². The van der Waals surface area contributed by atoms with Crippen LogP contribution in [0, 0.1) is 11.8 Å². The van der Waals surface area contributed by atoms with Crippen molar-refractivity contribution in [3.8, 4) is 0 Å². The van der Waals surface area contributed by atoms with Gasteiger partial charge in [0.25, 0.3) is 0 Å². The van der Waals surface area contributed by atoms with Crippen LogP contribution in [0.1, 0.15) is 39.5 Å². The molecule has 2 rings (SSSR count). The fourth-order valence-corrected chi connectivity index (χ4v) is 2.34. The van der Waals surface area contributed by atoms with Crippen LogP contribution in [0.4, 0.5) is 0 Å². The fraction of sp³-hybridized carbons (Fsp3) is 0.923. The molecule has 0 aromatic heterocycles. The summed E-state index contributed by atoms with van der Waals surface area (Å²) >= 11 is 0. The number of hydrogen-bond donors (Lipinski definition) is 2. The van der Waals surface area contributed by atoms with Crippen LogP contribution < -0.4 is 5.32 Å². The first-order valence-corrected chi connectivity index (χ1v) is 6.63. The monoisotopic (exact) mass is 241 g/mol. The molecule has 4 heteroatoms. The molecule has 17 heavy (non-hydrogen) atoms. The standard InChI is InChI=1S/C13H23NO3/c1-9(2)14-13(12(15)16,11-5-6-11)8-17-7-10-3-4-10/h9-11,14H,3-8H2,1-2H3,(H,15,16). The Balaban J connectivity index is 1.94. The number of carboxylic acid groups (broad SMARTS) is 1. The molecule has 0 saturated heterocycles. The van der Waals surface area contributed by atoms with Crippen LogP contribution in [-0.4, -0.2) is 35.9 Å². The second-order valence-corrected chi connectivity index (χ2v) is 5.81. The Hall–Kier alpha value is -0.610. The molecule has 2 N–H and O–H groups in total. The number of aliphatic carboxylic acids is 1. The van der Waals surface area contributed by atoms with Crippen LogP contribution in [0.3, 0.4) is 0 Å². The highest BCUT2D eigenvalue weighted by Crippen LogP contribution is 2.41. The van der Waals surface area contributed by atoms with Gasteiger partial charge in [-0.2, -0.15) is 0 Å². The van der Waals surface area contributed by atoms with Gasteiger partial charge in [0.15, 0.2) is 0 Å². The van der Waals surface area contributed by atoms with Crippen molar-refractivity contribution in [2.75, 3.05) is 13.2 Å². The number of carboxylic acids is 1. The van der Waals surface area contributed by atoms with Crippen LogP contribution >= 0.6 is 0 Å². The molecule has 1 atom stereocenters. The summed E-state index contributed by atoms with van der Waals surface area (Å²) < 4.78 is 5.64. The van der Waals surface area contributed by atoms with E-state index in [1.807, 2.05) is 13.8 Å².